The average molecular weight is 179 g/mol. The van der Waals surface area contributed by atoms with E-state index in [0.717, 1.165) is 6.54 Å². The van der Waals surface area contributed by atoms with Crippen molar-refractivity contribution < 1.29 is 0 Å². The Morgan fingerprint density at radius 1 is 1.50 bits per heavy atom. The summed E-state index contributed by atoms with van der Waals surface area (Å²) in [6.07, 6.45) is 3.55. The number of likely N-dealkylation sites (N-methyl/N-ethyl adjacent to an activating group) is 1. The van der Waals surface area contributed by atoms with Gasteiger partial charge >= 0.3 is 0 Å². The molecule has 1 aliphatic rings. The molecule has 12 heavy (non-hydrogen) atoms. The highest BCUT2D eigenvalue weighted by molar-refractivity contribution is 7.11. The average Bonchev–Trinajstić information content (AvgIpc) is 2.58. The van der Waals surface area contributed by atoms with Crippen molar-refractivity contribution in [2.75, 3.05) is 20.1 Å². The molecular weight excluding hydrogens is 166 g/mol. The Labute approximate surface area is 77.3 Å². The molecule has 0 radical (unpaired) electrons. The first-order valence-corrected chi connectivity index (χ1v) is 5.15. The van der Waals surface area contributed by atoms with E-state index < -0.39 is 0 Å². The maximum atomic E-state index is 2.34. The van der Waals surface area contributed by atoms with Crippen LogP contribution in [0, 0.1) is 0 Å². The summed E-state index contributed by atoms with van der Waals surface area (Å²) >= 11 is 1.84. The molecule has 0 N–H and O–H groups in total. The van der Waals surface area contributed by atoms with Crippen LogP contribution in [0.4, 0.5) is 0 Å². The molecule has 2 rings (SSSR count). The van der Waals surface area contributed by atoms with E-state index in [-0.39, 0.29) is 0 Å². The summed E-state index contributed by atoms with van der Waals surface area (Å²) < 4.78 is 0. The molecule has 2 heterocycles. The molecule has 0 fully saturated rings. The lowest BCUT2D eigenvalue weighted by atomic mass is 10.1. The summed E-state index contributed by atoms with van der Waals surface area (Å²) in [5, 5.41) is 2.15. The van der Waals surface area contributed by atoms with Crippen molar-refractivity contribution in [3.05, 3.63) is 28.5 Å². The van der Waals surface area contributed by atoms with Crippen molar-refractivity contribution in [3.63, 3.8) is 0 Å². The maximum absolute atomic E-state index is 2.34. The smallest absolute Gasteiger partial charge is 0.0300 e. The van der Waals surface area contributed by atoms with E-state index in [0.29, 0.717) is 0 Å². The van der Waals surface area contributed by atoms with E-state index in [1.807, 2.05) is 11.3 Å². The van der Waals surface area contributed by atoms with Crippen molar-refractivity contribution in [2.24, 2.45) is 0 Å². The largest absolute Gasteiger partial charge is 0.302 e. The van der Waals surface area contributed by atoms with E-state index in [4.69, 9.17) is 0 Å². The Balaban J connectivity index is 2.16. The van der Waals surface area contributed by atoms with Crippen LogP contribution in [-0.4, -0.2) is 25.0 Å². The van der Waals surface area contributed by atoms with Crippen LogP contribution in [0.15, 0.2) is 23.6 Å². The third-order valence-electron chi connectivity index (χ3n) is 2.25. The zero-order chi connectivity index (χ0) is 8.39. The Kier molecular flexibility index (Phi) is 2.28. The van der Waals surface area contributed by atoms with Gasteiger partial charge in [0.25, 0.3) is 0 Å². The molecule has 64 valence electrons. The van der Waals surface area contributed by atoms with Gasteiger partial charge in [0.2, 0.25) is 0 Å². The van der Waals surface area contributed by atoms with Crippen LogP contribution in [0.5, 0.6) is 0 Å². The quantitative estimate of drug-likeness (QED) is 0.640. The van der Waals surface area contributed by atoms with Gasteiger partial charge in [-0.05, 0) is 30.5 Å². The zero-order valence-electron chi connectivity index (χ0n) is 7.29. The Hall–Kier alpha value is -0.600. The lowest BCUT2D eigenvalue weighted by Gasteiger charge is -2.21. The lowest BCUT2D eigenvalue weighted by molar-refractivity contribution is 0.370. The van der Waals surface area contributed by atoms with Gasteiger partial charge < -0.3 is 4.90 Å². The molecule has 0 amide bonds. The van der Waals surface area contributed by atoms with Crippen LogP contribution in [0.3, 0.4) is 0 Å². The molecular formula is C10H13NS. The highest BCUT2D eigenvalue weighted by atomic mass is 32.1. The van der Waals surface area contributed by atoms with Crippen molar-refractivity contribution in [1.29, 1.82) is 0 Å². The van der Waals surface area contributed by atoms with Crippen LogP contribution in [0.25, 0.3) is 5.57 Å². The molecule has 0 bridgehead atoms. The molecule has 1 aliphatic heterocycles. The normalized spacial score (nSPS) is 19.2. The minimum atomic E-state index is 1.10. The van der Waals surface area contributed by atoms with Gasteiger partial charge in [0.1, 0.15) is 0 Å². The first kappa shape index (κ1) is 8.02. The molecule has 0 unspecified atom stereocenters. The van der Waals surface area contributed by atoms with Gasteiger partial charge in [-0.2, -0.15) is 0 Å². The summed E-state index contributed by atoms with van der Waals surface area (Å²) in [5.74, 6) is 0. The van der Waals surface area contributed by atoms with Gasteiger partial charge in [0, 0.05) is 18.0 Å². The summed E-state index contributed by atoms with van der Waals surface area (Å²) in [5.41, 5.74) is 1.53. The minimum Gasteiger partial charge on any atom is -0.302 e. The van der Waals surface area contributed by atoms with Gasteiger partial charge in [-0.25, -0.2) is 0 Å². The topological polar surface area (TPSA) is 3.24 Å². The maximum Gasteiger partial charge on any atom is 0.0300 e. The summed E-state index contributed by atoms with van der Waals surface area (Å²) in [6.45, 7) is 2.30. The monoisotopic (exact) mass is 179 g/mol. The predicted molar refractivity (Wildman–Crippen MR) is 54.4 cm³/mol. The Morgan fingerprint density at radius 3 is 3.00 bits per heavy atom. The van der Waals surface area contributed by atoms with Crippen molar-refractivity contribution in [1.82, 2.24) is 4.90 Å². The number of nitrogens with zero attached hydrogens (tertiary/aromatic N) is 1. The molecule has 0 atom stereocenters. The van der Waals surface area contributed by atoms with Gasteiger partial charge in [-0.1, -0.05) is 12.1 Å². The second-order valence-electron chi connectivity index (χ2n) is 3.22. The van der Waals surface area contributed by atoms with E-state index in [1.54, 1.807) is 0 Å². The van der Waals surface area contributed by atoms with E-state index in [2.05, 4.69) is 35.5 Å². The first-order chi connectivity index (χ1) is 5.86. The van der Waals surface area contributed by atoms with Crippen LogP contribution in [0.2, 0.25) is 0 Å². The molecule has 1 nitrogen and oxygen atoms in total. The molecule has 0 aromatic carbocycles. The van der Waals surface area contributed by atoms with E-state index in [9.17, 15) is 0 Å². The zero-order valence-corrected chi connectivity index (χ0v) is 8.10. The highest BCUT2D eigenvalue weighted by Crippen LogP contribution is 2.25. The van der Waals surface area contributed by atoms with E-state index in [1.165, 1.54) is 23.4 Å². The number of hydrogen-bond acceptors (Lipinski definition) is 2. The molecule has 0 aliphatic carbocycles. The van der Waals surface area contributed by atoms with Crippen LogP contribution in [-0.2, 0) is 0 Å². The summed E-state index contributed by atoms with van der Waals surface area (Å²) in [7, 11) is 2.17. The van der Waals surface area contributed by atoms with Gasteiger partial charge in [-0.15, -0.1) is 11.3 Å². The summed E-state index contributed by atoms with van der Waals surface area (Å²) in [4.78, 5) is 3.79. The van der Waals surface area contributed by atoms with Crippen LogP contribution < -0.4 is 0 Å². The third kappa shape index (κ3) is 1.59. The van der Waals surface area contributed by atoms with Crippen LogP contribution in [0.1, 0.15) is 11.3 Å². The van der Waals surface area contributed by atoms with Crippen molar-refractivity contribution >= 4 is 16.9 Å². The minimum absolute atomic E-state index is 1.10. The van der Waals surface area contributed by atoms with Gasteiger partial charge in [0.05, 0.1) is 0 Å². The molecule has 1 aromatic heterocycles. The molecule has 1 aromatic rings. The fourth-order valence-electron chi connectivity index (χ4n) is 1.46. The fraction of sp³-hybridized carbons (Fsp3) is 0.400. The summed E-state index contributed by atoms with van der Waals surface area (Å²) in [6, 6.07) is 4.33. The van der Waals surface area contributed by atoms with Crippen LogP contribution >= 0.6 is 11.3 Å². The number of rotatable bonds is 1. The fourth-order valence-corrected chi connectivity index (χ4v) is 2.25. The predicted octanol–water partition coefficient (Wildman–Crippen LogP) is 2.47. The molecule has 2 heteroatoms. The van der Waals surface area contributed by atoms with E-state index >= 15 is 0 Å². The lowest BCUT2D eigenvalue weighted by Crippen LogP contribution is -2.23. The Morgan fingerprint density at radius 2 is 2.42 bits per heavy atom. The number of thiophene rings is 1. The third-order valence-corrected chi connectivity index (χ3v) is 3.20. The first-order valence-electron chi connectivity index (χ1n) is 4.28. The van der Waals surface area contributed by atoms with Gasteiger partial charge in [-0.3, -0.25) is 0 Å². The molecule has 0 saturated carbocycles. The molecule has 0 saturated heterocycles. The highest BCUT2D eigenvalue weighted by Gasteiger charge is 2.09. The van der Waals surface area contributed by atoms with Crippen molar-refractivity contribution in [2.45, 2.75) is 6.42 Å². The second-order valence-corrected chi connectivity index (χ2v) is 4.17. The Bertz CT molecular complexity index is 274. The molecule has 0 spiro atoms. The van der Waals surface area contributed by atoms with Crippen molar-refractivity contribution in [3.8, 4) is 0 Å². The van der Waals surface area contributed by atoms with Gasteiger partial charge in [0.15, 0.2) is 0 Å². The second kappa shape index (κ2) is 3.42. The standard InChI is InChI=1S/C10H13NS/c1-11-6-4-9(5-7-11)10-3-2-8-12-10/h2-4,8H,5-7H2,1H3. The SMILES string of the molecule is CN1CC=C(c2cccs2)CC1. The number of hydrogen-bond donors (Lipinski definition) is 0.